The maximum absolute atomic E-state index is 13.3. The fourth-order valence-corrected chi connectivity index (χ4v) is 4.36. The Morgan fingerprint density at radius 2 is 1.22 bits per heavy atom. The molecule has 190 valence electrons. The highest BCUT2D eigenvalue weighted by molar-refractivity contribution is 6.36. The number of hydrogen-bond donors (Lipinski definition) is 0. The van der Waals surface area contributed by atoms with Crippen LogP contribution in [-0.2, 0) is 6.18 Å². The molecule has 0 N–H and O–H groups in total. The number of para-hydroxylation sites is 2. The summed E-state index contributed by atoms with van der Waals surface area (Å²) in [4.78, 5) is 8.49. The molecule has 0 saturated carbocycles. The number of nitrogens with zero attached hydrogens (tertiary/aromatic N) is 2. The predicted octanol–water partition coefficient (Wildman–Crippen LogP) is 9.13. The fraction of sp³-hybridized carbons (Fsp3) is 0.111. The third-order valence-electron chi connectivity index (χ3n) is 5.41. The zero-order valence-electron chi connectivity index (χ0n) is 19.4. The molecule has 0 atom stereocenters. The van der Waals surface area contributed by atoms with Crippen LogP contribution in [0.25, 0.3) is 33.1 Å². The van der Waals surface area contributed by atoms with Crippen LogP contribution >= 0.6 is 34.8 Å². The van der Waals surface area contributed by atoms with Gasteiger partial charge < -0.3 is 9.47 Å². The largest absolute Gasteiger partial charge is 0.494 e. The monoisotopic (exact) mass is 564 g/mol. The van der Waals surface area contributed by atoms with E-state index in [0.29, 0.717) is 37.4 Å². The molecule has 0 unspecified atom stereocenters. The second-order valence-corrected chi connectivity index (χ2v) is 8.86. The summed E-state index contributed by atoms with van der Waals surface area (Å²) < 4.78 is 50.1. The lowest BCUT2D eigenvalue weighted by Crippen LogP contribution is -2.08. The molecule has 4 nitrogen and oxygen atoms in total. The van der Waals surface area contributed by atoms with Gasteiger partial charge in [-0.15, -0.1) is 0 Å². The summed E-state index contributed by atoms with van der Waals surface area (Å²) in [5.41, 5.74) is 0.429. The van der Waals surface area contributed by atoms with Gasteiger partial charge >= 0.3 is 6.18 Å². The van der Waals surface area contributed by atoms with Crippen molar-refractivity contribution >= 4 is 56.6 Å². The number of ether oxygens (including phenoxy) is 2. The van der Waals surface area contributed by atoms with Crippen molar-refractivity contribution < 1.29 is 22.6 Å². The molecule has 0 aliphatic rings. The van der Waals surface area contributed by atoms with Crippen molar-refractivity contribution in [3.63, 3.8) is 0 Å². The molecule has 37 heavy (non-hydrogen) atoms. The Morgan fingerprint density at radius 3 is 1.78 bits per heavy atom. The van der Waals surface area contributed by atoms with Crippen LogP contribution in [0.1, 0.15) is 5.56 Å². The Hall–Kier alpha value is -3.26. The molecule has 0 aliphatic carbocycles. The molecule has 10 heteroatoms. The zero-order valence-corrected chi connectivity index (χ0v) is 21.7. The lowest BCUT2D eigenvalue weighted by atomic mass is 10.0. The smallest absolute Gasteiger partial charge is 0.417 e. The first kappa shape index (κ1) is 26.8. The Bertz CT molecular complexity index is 1590. The zero-order chi connectivity index (χ0) is 26.7. The molecule has 0 bridgehead atoms. The normalized spacial score (nSPS) is 11.2. The Balaban J connectivity index is 0.000000195. The SMILES string of the molecule is COc1cc2cccc(Cl)c2nc1-c1ccccc1C(F)(F)F.COc1cc2cccc(Cl)c2nc1Cl. The van der Waals surface area contributed by atoms with Crippen molar-refractivity contribution in [2.24, 2.45) is 0 Å². The molecule has 0 aliphatic heterocycles. The average Bonchev–Trinajstić information content (AvgIpc) is 2.88. The van der Waals surface area contributed by atoms with Gasteiger partial charge in [-0.05, 0) is 30.3 Å². The van der Waals surface area contributed by atoms with E-state index in [2.05, 4.69) is 9.97 Å². The minimum absolute atomic E-state index is 0.0429. The van der Waals surface area contributed by atoms with E-state index in [9.17, 15) is 13.2 Å². The van der Waals surface area contributed by atoms with Gasteiger partial charge in [-0.2, -0.15) is 13.2 Å². The first-order chi connectivity index (χ1) is 17.6. The predicted molar refractivity (Wildman–Crippen MR) is 142 cm³/mol. The Kier molecular flexibility index (Phi) is 7.97. The van der Waals surface area contributed by atoms with Crippen molar-refractivity contribution in [1.29, 1.82) is 0 Å². The molecule has 0 amide bonds. The highest BCUT2D eigenvalue weighted by atomic mass is 35.5. The standard InChI is InChI=1S/C17H11ClF3NO.C10H7Cl2NO/c1-23-14-9-10-5-4-8-13(18)15(10)22-16(14)11-6-2-3-7-12(11)17(19,20)21;1-14-8-5-6-3-2-4-7(11)9(6)13-10(8)12/h2-9H,1H3;2-5H,1H3. The Morgan fingerprint density at radius 1 is 0.676 bits per heavy atom. The van der Waals surface area contributed by atoms with Crippen molar-refractivity contribution in [3.05, 3.63) is 93.6 Å². The third-order valence-corrected chi connectivity index (χ3v) is 6.29. The van der Waals surface area contributed by atoms with Crippen LogP contribution in [0.4, 0.5) is 13.2 Å². The van der Waals surface area contributed by atoms with Crippen molar-refractivity contribution in [2.45, 2.75) is 6.18 Å². The van der Waals surface area contributed by atoms with Crippen molar-refractivity contribution in [1.82, 2.24) is 9.97 Å². The molecule has 0 radical (unpaired) electrons. The molecule has 0 spiro atoms. The lowest BCUT2D eigenvalue weighted by molar-refractivity contribution is -0.137. The number of hydrogen-bond acceptors (Lipinski definition) is 4. The van der Waals surface area contributed by atoms with E-state index in [4.69, 9.17) is 44.3 Å². The van der Waals surface area contributed by atoms with Gasteiger partial charge in [0.25, 0.3) is 0 Å². The van der Waals surface area contributed by atoms with Gasteiger partial charge in [-0.1, -0.05) is 77.3 Å². The van der Waals surface area contributed by atoms with Crippen LogP contribution in [0.2, 0.25) is 15.2 Å². The fourth-order valence-electron chi connectivity index (χ4n) is 3.69. The maximum Gasteiger partial charge on any atom is 0.417 e. The molecule has 5 rings (SSSR count). The Labute approximate surface area is 225 Å². The highest BCUT2D eigenvalue weighted by Crippen LogP contribution is 2.41. The van der Waals surface area contributed by atoms with Gasteiger partial charge in [-0.3, -0.25) is 0 Å². The topological polar surface area (TPSA) is 44.2 Å². The number of benzene rings is 3. The van der Waals surface area contributed by atoms with Crippen LogP contribution < -0.4 is 9.47 Å². The van der Waals surface area contributed by atoms with Crippen LogP contribution in [0.3, 0.4) is 0 Å². The number of methoxy groups -OCH3 is 2. The number of aromatic nitrogens is 2. The lowest BCUT2D eigenvalue weighted by Gasteiger charge is -2.15. The third kappa shape index (κ3) is 5.69. The molecular formula is C27H18Cl3F3N2O2. The van der Waals surface area contributed by atoms with Crippen LogP contribution in [-0.4, -0.2) is 24.2 Å². The summed E-state index contributed by atoms with van der Waals surface area (Å²) in [6.07, 6.45) is -4.49. The average molecular weight is 566 g/mol. The number of alkyl halides is 3. The van der Waals surface area contributed by atoms with E-state index in [1.54, 1.807) is 37.4 Å². The summed E-state index contributed by atoms with van der Waals surface area (Å²) in [7, 11) is 2.95. The van der Waals surface area contributed by atoms with Gasteiger partial charge in [0.05, 0.1) is 40.9 Å². The van der Waals surface area contributed by atoms with E-state index < -0.39 is 11.7 Å². The highest BCUT2D eigenvalue weighted by Gasteiger charge is 2.34. The van der Waals surface area contributed by atoms with Gasteiger partial charge in [-0.25, -0.2) is 9.97 Å². The first-order valence-electron chi connectivity index (χ1n) is 10.7. The quantitative estimate of drug-likeness (QED) is 0.205. The van der Waals surface area contributed by atoms with Gasteiger partial charge in [0.1, 0.15) is 11.4 Å². The van der Waals surface area contributed by atoms with E-state index in [1.807, 2.05) is 18.2 Å². The molecule has 5 aromatic rings. The van der Waals surface area contributed by atoms with Crippen LogP contribution in [0.5, 0.6) is 11.5 Å². The van der Waals surface area contributed by atoms with Gasteiger partial charge in [0.2, 0.25) is 0 Å². The molecule has 2 aromatic heterocycles. The second-order valence-electron chi connectivity index (χ2n) is 7.69. The van der Waals surface area contributed by atoms with E-state index in [0.717, 1.165) is 11.5 Å². The van der Waals surface area contributed by atoms with E-state index in [1.165, 1.54) is 25.3 Å². The van der Waals surface area contributed by atoms with Crippen LogP contribution in [0, 0.1) is 0 Å². The van der Waals surface area contributed by atoms with Crippen LogP contribution in [0.15, 0.2) is 72.8 Å². The minimum Gasteiger partial charge on any atom is -0.494 e. The number of rotatable bonds is 3. The molecule has 3 aromatic carbocycles. The van der Waals surface area contributed by atoms with E-state index in [-0.39, 0.29) is 17.0 Å². The second kappa shape index (κ2) is 11.0. The maximum atomic E-state index is 13.3. The molecular weight excluding hydrogens is 548 g/mol. The summed E-state index contributed by atoms with van der Waals surface area (Å²) in [6, 6.07) is 19.4. The summed E-state index contributed by atoms with van der Waals surface area (Å²) in [5, 5.41) is 2.90. The number of halogens is 6. The molecule has 0 fully saturated rings. The number of pyridine rings is 2. The number of fused-ring (bicyclic) bond motifs is 2. The summed E-state index contributed by atoms with van der Waals surface area (Å²) >= 11 is 18.0. The summed E-state index contributed by atoms with van der Waals surface area (Å²) in [6.45, 7) is 0. The molecule has 2 heterocycles. The first-order valence-corrected chi connectivity index (χ1v) is 11.9. The van der Waals surface area contributed by atoms with E-state index >= 15 is 0 Å². The molecule has 0 saturated heterocycles. The van der Waals surface area contributed by atoms with Gasteiger partial charge in [0, 0.05) is 16.3 Å². The summed E-state index contributed by atoms with van der Waals surface area (Å²) in [5.74, 6) is 0.818. The van der Waals surface area contributed by atoms with Crippen molar-refractivity contribution in [2.75, 3.05) is 14.2 Å². The minimum atomic E-state index is -4.49. The van der Waals surface area contributed by atoms with Gasteiger partial charge in [0.15, 0.2) is 10.9 Å². The van der Waals surface area contributed by atoms with Crippen molar-refractivity contribution in [3.8, 4) is 22.8 Å².